The molecule has 4 atom stereocenters. The van der Waals surface area contributed by atoms with Gasteiger partial charge in [0.05, 0.1) is 0 Å². The van der Waals surface area contributed by atoms with Crippen molar-refractivity contribution in [3.63, 3.8) is 0 Å². The SMILES string of the molecule is C[C@@H]1CCCCCCCC(C2CNCCC2NC(=O)C2CCCCCCCC2)C1. The van der Waals surface area contributed by atoms with Crippen molar-refractivity contribution < 1.29 is 4.79 Å². The van der Waals surface area contributed by atoms with Gasteiger partial charge in [-0.2, -0.15) is 0 Å². The molecule has 3 unspecified atom stereocenters. The molecule has 3 nitrogen and oxygen atoms in total. The van der Waals surface area contributed by atoms with Crippen LogP contribution in [0.3, 0.4) is 0 Å². The number of hydrogen-bond acceptors (Lipinski definition) is 2. The molecule has 0 bridgehead atoms. The molecule has 0 aromatic carbocycles. The monoisotopic (exact) mass is 404 g/mol. The highest BCUT2D eigenvalue weighted by molar-refractivity contribution is 5.79. The zero-order chi connectivity index (χ0) is 20.3. The Morgan fingerprint density at radius 2 is 1.34 bits per heavy atom. The molecule has 3 aliphatic rings. The van der Waals surface area contributed by atoms with Gasteiger partial charge in [0, 0.05) is 18.5 Å². The lowest BCUT2D eigenvalue weighted by molar-refractivity contribution is -0.127. The van der Waals surface area contributed by atoms with Crippen molar-refractivity contribution in [3.8, 4) is 0 Å². The quantitative estimate of drug-likeness (QED) is 0.586. The fourth-order valence-electron chi connectivity index (χ4n) is 6.32. The van der Waals surface area contributed by atoms with E-state index in [-0.39, 0.29) is 5.92 Å². The lowest BCUT2D eigenvalue weighted by Gasteiger charge is -2.40. The Kier molecular flexibility index (Phi) is 10.3. The molecule has 1 saturated heterocycles. The van der Waals surface area contributed by atoms with Crippen LogP contribution in [-0.4, -0.2) is 25.0 Å². The maximum absolute atomic E-state index is 13.2. The van der Waals surface area contributed by atoms with Crippen molar-refractivity contribution in [2.75, 3.05) is 13.1 Å². The second-order valence-electron chi connectivity index (χ2n) is 10.6. The summed E-state index contributed by atoms with van der Waals surface area (Å²) in [6.07, 6.45) is 22.4. The van der Waals surface area contributed by atoms with E-state index in [1.54, 1.807) is 0 Å². The molecule has 0 aromatic rings. The molecule has 3 rings (SSSR count). The van der Waals surface area contributed by atoms with Crippen LogP contribution in [0.15, 0.2) is 0 Å². The van der Waals surface area contributed by atoms with Crippen molar-refractivity contribution in [2.45, 2.75) is 122 Å². The topological polar surface area (TPSA) is 41.1 Å². The summed E-state index contributed by atoms with van der Waals surface area (Å²) in [5.41, 5.74) is 0. The Morgan fingerprint density at radius 3 is 2.03 bits per heavy atom. The number of amides is 1. The van der Waals surface area contributed by atoms with Gasteiger partial charge in [-0.05, 0) is 50.0 Å². The maximum Gasteiger partial charge on any atom is 0.223 e. The Bertz CT molecular complexity index is 456. The minimum atomic E-state index is 0.270. The predicted molar refractivity (Wildman–Crippen MR) is 123 cm³/mol. The minimum absolute atomic E-state index is 0.270. The second-order valence-corrected chi connectivity index (χ2v) is 10.6. The number of hydrogen-bond donors (Lipinski definition) is 2. The Labute approximate surface area is 180 Å². The molecule has 1 amide bonds. The molecule has 2 N–H and O–H groups in total. The van der Waals surface area contributed by atoms with Crippen LogP contribution < -0.4 is 10.6 Å². The Morgan fingerprint density at radius 1 is 0.759 bits per heavy atom. The van der Waals surface area contributed by atoms with Gasteiger partial charge >= 0.3 is 0 Å². The van der Waals surface area contributed by atoms with Gasteiger partial charge in [-0.15, -0.1) is 0 Å². The second kappa shape index (κ2) is 13.0. The van der Waals surface area contributed by atoms with Crippen LogP contribution in [0.4, 0.5) is 0 Å². The average molecular weight is 405 g/mol. The van der Waals surface area contributed by atoms with E-state index in [4.69, 9.17) is 0 Å². The molecular formula is C26H48N2O. The highest BCUT2D eigenvalue weighted by atomic mass is 16.1. The number of carbonyl (C=O) groups excluding carboxylic acids is 1. The predicted octanol–water partition coefficient (Wildman–Crippen LogP) is 6.22. The lowest BCUT2D eigenvalue weighted by atomic mass is 9.74. The summed E-state index contributed by atoms with van der Waals surface area (Å²) >= 11 is 0. The molecular weight excluding hydrogens is 356 g/mol. The van der Waals surface area contributed by atoms with E-state index in [1.165, 1.54) is 89.9 Å². The summed E-state index contributed by atoms with van der Waals surface area (Å²) in [5, 5.41) is 7.27. The summed E-state index contributed by atoms with van der Waals surface area (Å²) in [5.74, 6) is 2.90. The molecule has 3 heteroatoms. The number of carbonyl (C=O) groups is 1. The van der Waals surface area contributed by atoms with Crippen molar-refractivity contribution >= 4 is 5.91 Å². The highest BCUT2D eigenvalue weighted by Crippen LogP contribution is 2.34. The van der Waals surface area contributed by atoms with Crippen LogP contribution in [-0.2, 0) is 4.79 Å². The standard InChI is InChI=1S/C26H48N2O/c1-21-13-9-5-4-8-12-16-23(19-21)24-20-27-18-17-25(24)28-26(29)22-14-10-6-2-3-7-11-15-22/h21-25,27H,2-20H2,1H3,(H,28,29)/t21-,23?,24?,25?/m1/s1. The van der Waals surface area contributed by atoms with Gasteiger partial charge in [-0.25, -0.2) is 0 Å². The van der Waals surface area contributed by atoms with E-state index < -0.39 is 0 Å². The molecule has 0 spiro atoms. The first-order chi connectivity index (χ1) is 14.2. The first-order valence-electron chi connectivity index (χ1n) is 13.2. The zero-order valence-electron chi connectivity index (χ0n) is 19.2. The fourth-order valence-corrected chi connectivity index (χ4v) is 6.32. The normalized spacial score (nSPS) is 34.4. The molecule has 2 aliphatic carbocycles. The zero-order valence-corrected chi connectivity index (χ0v) is 19.2. The van der Waals surface area contributed by atoms with Crippen molar-refractivity contribution in [1.82, 2.24) is 10.6 Å². The summed E-state index contributed by atoms with van der Waals surface area (Å²) < 4.78 is 0. The summed E-state index contributed by atoms with van der Waals surface area (Å²) in [7, 11) is 0. The Balaban J connectivity index is 1.60. The number of nitrogens with one attached hydrogen (secondary N) is 2. The third-order valence-electron chi connectivity index (χ3n) is 8.17. The van der Waals surface area contributed by atoms with Crippen LogP contribution in [0.5, 0.6) is 0 Å². The molecule has 168 valence electrons. The van der Waals surface area contributed by atoms with Crippen LogP contribution in [0.25, 0.3) is 0 Å². The smallest absolute Gasteiger partial charge is 0.223 e. The molecule has 2 saturated carbocycles. The van der Waals surface area contributed by atoms with Gasteiger partial charge in [0.2, 0.25) is 5.91 Å². The van der Waals surface area contributed by atoms with Crippen molar-refractivity contribution in [1.29, 1.82) is 0 Å². The van der Waals surface area contributed by atoms with Gasteiger partial charge in [0.15, 0.2) is 0 Å². The van der Waals surface area contributed by atoms with E-state index in [0.717, 1.165) is 44.2 Å². The van der Waals surface area contributed by atoms with Crippen molar-refractivity contribution in [3.05, 3.63) is 0 Å². The summed E-state index contributed by atoms with van der Waals surface area (Å²) in [6, 6.07) is 0.400. The van der Waals surface area contributed by atoms with E-state index in [9.17, 15) is 4.79 Å². The molecule has 1 heterocycles. The van der Waals surface area contributed by atoms with Gasteiger partial charge in [-0.3, -0.25) is 4.79 Å². The third-order valence-corrected chi connectivity index (χ3v) is 8.17. The molecule has 29 heavy (non-hydrogen) atoms. The largest absolute Gasteiger partial charge is 0.353 e. The van der Waals surface area contributed by atoms with Crippen LogP contribution >= 0.6 is 0 Å². The average Bonchev–Trinajstić information content (AvgIpc) is 2.87. The van der Waals surface area contributed by atoms with E-state index in [1.807, 2.05) is 0 Å². The Hall–Kier alpha value is -0.570. The third kappa shape index (κ3) is 7.89. The summed E-state index contributed by atoms with van der Waals surface area (Å²) in [6.45, 7) is 4.64. The van der Waals surface area contributed by atoms with E-state index >= 15 is 0 Å². The first-order valence-corrected chi connectivity index (χ1v) is 13.2. The van der Waals surface area contributed by atoms with Crippen LogP contribution in [0.2, 0.25) is 0 Å². The van der Waals surface area contributed by atoms with E-state index in [0.29, 0.717) is 17.9 Å². The number of rotatable bonds is 3. The molecule has 1 aliphatic heterocycles. The highest BCUT2D eigenvalue weighted by Gasteiger charge is 2.34. The molecule has 0 radical (unpaired) electrons. The summed E-state index contributed by atoms with van der Waals surface area (Å²) in [4.78, 5) is 13.2. The van der Waals surface area contributed by atoms with Crippen LogP contribution in [0, 0.1) is 23.7 Å². The minimum Gasteiger partial charge on any atom is -0.353 e. The lowest BCUT2D eigenvalue weighted by Crippen LogP contribution is -2.53. The van der Waals surface area contributed by atoms with Gasteiger partial charge in [0.1, 0.15) is 0 Å². The number of piperidine rings is 1. The molecule has 3 fully saturated rings. The van der Waals surface area contributed by atoms with Crippen LogP contribution in [0.1, 0.15) is 116 Å². The fraction of sp³-hybridized carbons (Fsp3) is 0.962. The van der Waals surface area contributed by atoms with Gasteiger partial charge in [0.25, 0.3) is 0 Å². The maximum atomic E-state index is 13.2. The van der Waals surface area contributed by atoms with Crippen molar-refractivity contribution in [2.24, 2.45) is 23.7 Å². The first kappa shape index (κ1) is 23.1. The van der Waals surface area contributed by atoms with Gasteiger partial charge in [-0.1, -0.05) is 90.4 Å². The van der Waals surface area contributed by atoms with Gasteiger partial charge < -0.3 is 10.6 Å². The van der Waals surface area contributed by atoms with E-state index in [2.05, 4.69) is 17.6 Å². The molecule has 0 aromatic heterocycles.